The first-order valence-corrected chi connectivity index (χ1v) is 23.8. The van der Waals surface area contributed by atoms with Gasteiger partial charge in [0.15, 0.2) is 0 Å². The normalized spacial score (nSPS) is 12.9. The van der Waals surface area contributed by atoms with E-state index in [4.69, 9.17) is 10.5 Å². The molecule has 0 aliphatic rings. The third-order valence-corrected chi connectivity index (χ3v) is 10.7. The van der Waals surface area contributed by atoms with Crippen LogP contribution < -0.4 is 11.1 Å². The highest BCUT2D eigenvalue weighted by Gasteiger charge is 2.18. The molecule has 4 N–H and O–H groups in total. The van der Waals surface area contributed by atoms with E-state index >= 15 is 0 Å². The highest BCUT2D eigenvalue weighted by Crippen LogP contribution is 2.16. The number of carboxylic acid groups (broad SMARTS) is 1. The van der Waals surface area contributed by atoms with Crippen LogP contribution in [0.15, 0.2) is 36.5 Å². The topological polar surface area (TPSA) is 119 Å². The van der Waals surface area contributed by atoms with Crippen molar-refractivity contribution in [2.75, 3.05) is 6.54 Å². The van der Waals surface area contributed by atoms with Crippen LogP contribution in [0, 0.1) is 0 Å². The summed E-state index contributed by atoms with van der Waals surface area (Å²) in [5.41, 5.74) is 5.48. The predicted molar refractivity (Wildman–Crippen MR) is 239 cm³/mol. The third-order valence-electron chi connectivity index (χ3n) is 10.7. The van der Waals surface area contributed by atoms with Crippen molar-refractivity contribution >= 4 is 17.8 Å². The maximum Gasteiger partial charge on any atom is 0.326 e. The molecule has 1 amide bonds. The molecule has 0 saturated heterocycles. The Kier molecular flexibility index (Phi) is 41.8. The number of amides is 1. The van der Waals surface area contributed by atoms with E-state index in [1.807, 2.05) is 0 Å². The van der Waals surface area contributed by atoms with Gasteiger partial charge in [0, 0.05) is 12.8 Å². The van der Waals surface area contributed by atoms with Gasteiger partial charge in [-0.1, -0.05) is 173 Å². The van der Waals surface area contributed by atoms with Crippen molar-refractivity contribution in [1.29, 1.82) is 0 Å². The van der Waals surface area contributed by atoms with Crippen LogP contribution in [0.25, 0.3) is 0 Å². The zero-order valence-corrected chi connectivity index (χ0v) is 36.7. The minimum Gasteiger partial charge on any atom is -0.480 e. The van der Waals surface area contributed by atoms with Crippen LogP contribution in [-0.4, -0.2) is 41.6 Å². The number of nitrogens with two attached hydrogens (primary N) is 1. The van der Waals surface area contributed by atoms with E-state index in [9.17, 15) is 19.5 Å². The Labute approximate surface area is 345 Å². The number of hydrogen-bond acceptors (Lipinski definition) is 5. The molecule has 0 aromatic carbocycles. The number of carboxylic acids is 1. The van der Waals surface area contributed by atoms with Crippen molar-refractivity contribution < 1.29 is 24.2 Å². The number of esters is 1. The van der Waals surface area contributed by atoms with Crippen LogP contribution in [0.4, 0.5) is 0 Å². The number of ether oxygens (including phenoxy) is 1. The van der Waals surface area contributed by atoms with Crippen molar-refractivity contribution in [2.45, 2.75) is 251 Å². The van der Waals surface area contributed by atoms with Crippen LogP contribution >= 0.6 is 0 Å². The largest absolute Gasteiger partial charge is 0.480 e. The molecule has 0 bridgehead atoms. The third kappa shape index (κ3) is 39.8. The summed E-state index contributed by atoms with van der Waals surface area (Å²) in [4.78, 5) is 36.3. The van der Waals surface area contributed by atoms with Gasteiger partial charge in [-0.25, -0.2) is 4.79 Å². The van der Waals surface area contributed by atoms with E-state index < -0.39 is 12.0 Å². The molecule has 0 rings (SSSR count). The van der Waals surface area contributed by atoms with Crippen molar-refractivity contribution in [1.82, 2.24) is 5.32 Å². The Morgan fingerprint density at radius 2 is 0.982 bits per heavy atom. The van der Waals surface area contributed by atoms with Gasteiger partial charge in [-0.05, 0) is 96.1 Å². The molecule has 0 heterocycles. The Morgan fingerprint density at radius 3 is 1.52 bits per heavy atom. The summed E-state index contributed by atoms with van der Waals surface area (Å²) in [6.45, 7) is 4.92. The SMILES string of the molecule is CCCCC/C=C\C/C=C\C(CCCCCCCCC(=O)NC(CCCN)C(=O)O)OC(=O)CCCCCCCCCCC/C=C\CCCCCCCCCC. The van der Waals surface area contributed by atoms with Crippen molar-refractivity contribution in [3.8, 4) is 0 Å². The first-order chi connectivity index (χ1) is 27.4. The Bertz CT molecular complexity index is 978. The van der Waals surface area contributed by atoms with Gasteiger partial charge in [0.2, 0.25) is 5.91 Å². The number of rotatable bonds is 43. The molecular formula is C49H90N2O5. The average Bonchev–Trinajstić information content (AvgIpc) is 3.18. The van der Waals surface area contributed by atoms with Gasteiger partial charge >= 0.3 is 11.9 Å². The minimum atomic E-state index is -1.01. The molecule has 2 atom stereocenters. The zero-order chi connectivity index (χ0) is 41.0. The van der Waals surface area contributed by atoms with E-state index in [-0.39, 0.29) is 18.0 Å². The number of nitrogens with one attached hydrogen (secondary N) is 1. The lowest BCUT2D eigenvalue weighted by Crippen LogP contribution is -2.40. The lowest BCUT2D eigenvalue weighted by molar-refractivity contribution is -0.147. The van der Waals surface area contributed by atoms with E-state index in [1.165, 1.54) is 128 Å². The molecule has 56 heavy (non-hydrogen) atoms. The Morgan fingerprint density at radius 1 is 0.536 bits per heavy atom. The zero-order valence-electron chi connectivity index (χ0n) is 36.7. The minimum absolute atomic E-state index is 0.0759. The average molecular weight is 787 g/mol. The lowest BCUT2D eigenvalue weighted by Gasteiger charge is -2.15. The molecule has 7 heteroatoms. The molecule has 0 radical (unpaired) electrons. The fraction of sp³-hybridized carbons (Fsp3) is 0.816. The fourth-order valence-corrected chi connectivity index (χ4v) is 7.04. The second-order valence-corrected chi connectivity index (χ2v) is 16.2. The molecule has 0 aromatic heterocycles. The van der Waals surface area contributed by atoms with E-state index in [2.05, 4.69) is 55.6 Å². The van der Waals surface area contributed by atoms with Crippen LogP contribution in [0.5, 0.6) is 0 Å². The highest BCUT2D eigenvalue weighted by molar-refractivity contribution is 5.83. The molecule has 0 fully saturated rings. The Hall–Kier alpha value is -2.41. The van der Waals surface area contributed by atoms with Crippen LogP contribution in [0.2, 0.25) is 0 Å². The number of carbonyl (C=O) groups is 3. The van der Waals surface area contributed by atoms with E-state index in [1.54, 1.807) is 0 Å². The maximum atomic E-state index is 12.8. The maximum absolute atomic E-state index is 12.8. The van der Waals surface area contributed by atoms with Crippen LogP contribution in [0.1, 0.15) is 239 Å². The smallest absolute Gasteiger partial charge is 0.326 e. The first-order valence-electron chi connectivity index (χ1n) is 23.8. The molecule has 326 valence electrons. The summed E-state index contributed by atoms with van der Waals surface area (Å²) in [6, 6.07) is -0.856. The van der Waals surface area contributed by atoms with Gasteiger partial charge in [-0.3, -0.25) is 9.59 Å². The summed E-state index contributed by atoms with van der Waals surface area (Å²) < 4.78 is 5.95. The molecule has 0 saturated carbocycles. The molecule has 0 aliphatic carbocycles. The first kappa shape index (κ1) is 53.6. The fourth-order valence-electron chi connectivity index (χ4n) is 7.04. The molecule has 2 unspecified atom stereocenters. The number of unbranched alkanes of at least 4 members (excludes halogenated alkanes) is 25. The quantitative estimate of drug-likeness (QED) is 0.0322. The molecule has 7 nitrogen and oxygen atoms in total. The van der Waals surface area contributed by atoms with Crippen LogP contribution in [-0.2, 0) is 19.1 Å². The summed E-state index contributed by atoms with van der Waals surface area (Å²) in [7, 11) is 0. The summed E-state index contributed by atoms with van der Waals surface area (Å²) >= 11 is 0. The monoisotopic (exact) mass is 787 g/mol. The van der Waals surface area contributed by atoms with Crippen LogP contribution in [0.3, 0.4) is 0 Å². The van der Waals surface area contributed by atoms with Gasteiger partial charge in [0.25, 0.3) is 0 Å². The van der Waals surface area contributed by atoms with Gasteiger partial charge in [-0.2, -0.15) is 0 Å². The number of carbonyl (C=O) groups excluding carboxylic acids is 2. The van der Waals surface area contributed by atoms with Gasteiger partial charge < -0.3 is 20.9 Å². The van der Waals surface area contributed by atoms with E-state index in [0.29, 0.717) is 32.2 Å². The lowest BCUT2D eigenvalue weighted by atomic mass is 10.0. The standard InChI is InChI=1S/C49H90N2O5/c1-3-5-7-9-11-13-14-15-16-17-18-19-20-21-22-23-24-25-27-33-37-43-48(53)56-45(39-34-30-26-12-10-8-6-4-2)40-35-31-28-29-32-36-42-47(52)51-46(49(54)55)41-38-44-50/h12,17-18,26,34,39,45-46H,3-11,13-16,19-25,27-33,35-38,40-44,50H2,1-2H3,(H,51,52)(H,54,55)/b18-17-,26-12-,39-34-. The van der Waals surface area contributed by atoms with Gasteiger partial charge in [0.1, 0.15) is 12.1 Å². The predicted octanol–water partition coefficient (Wildman–Crippen LogP) is 13.8. The summed E-state index contributed by atoms with van der Waals surface area (Å²) in [5, 5.41) is 11.9. The van der Waals surface area contributed by atoms with Gasteiger partial charge in [-0.15, -0.1) is 0 Å². The number of hydrogen-bond donors (Lipinski definition) is 3. The van der Waals surface area contributed by atoms with E-state index in [0.717, 1.165) is 70.6 Å². The second-order valence-electron chi connectivity index (χ2n) is 16.2. The number of allylic oxidation sites excluding steroid dienone is 5. The van der Waals surface area contributed by atoms with Crippen molar-refractivity contribution in [3.05, 3.63) is 36.5 Å². The van der Waals surface area contributed by atoms with Crippen molar-refractivity contribution in [3.63, 3.8) is 0 Å². The van der Waals surface area contributed by atoms with Crippen molar-refractivity contribution in [2.24, 2.45) is 5.73 Å². The van der Waals surface area contributed by atoms with Gasteiger partial charge in [0.05, 0.1) is 0 Å². The number of aliphatic carboxylic acids is 1. The molecule has 0 spiro atoms. The summed E-state index contributed by atoms with van der Waals surface area (Å²) in [5.74, 6) is -1.28. The molecule has 0 aromatic rings. The second kappa shape index (κ2) is 43.7. The summed E-state index contributed by atoms with van der Waals surface area (Å²) in [6.07, 6.45) is 52.3. The molecular weight excluding hydrogens is 697 g/mol. The highest BCUT2D eigenvalue weighted by atomic mass is 16.5. The Balaban J connectivity index is 4.14. The molecule has 0 aliphatic heterocycles.